The Hall–Kier alpha value is -3.03. The fourth-order valence-electron chi connectivity index (χ4n) is 3.25. The number of rotatable bonds is 6. The topological polar surface area (TPSA) is 73.0 Å². The molecule has 0 atom stereocenters. The quantitative estimate of drug-likeness (QED) is 0.660. The molecule has 1 amide bonds. The van der Waals surface area contributed by atoms with E-state index in [2.05, 4.69) is 10.1 Å². The number of carbonyl (C=O) groups is 1. The fraction of sp³-hybridized carbons (Fsp3) is 0.368. The van der Waals surface area contributed by atoms with E-state index in [1.165, 1.54) is 33.9 Å². The highest BCUT2D eigenvalue weighted by Gasteiger charge is 2.32. The number of halogens is 1. The van der Waals surface area contributed by atoms with Crippen LogP contribution in [-0.2, 0) is 24.8 Å². The maximum Gasteiger partial charge on any atom is 0.264 e. The third-order valence-corrected chi connectivity index (χ3v) is 4.86. The summed E-state index contributed by atoms with van der Waals surface area (Å²) in [6.45, 7) is 0.445. The highest BCUT2D eigenvalue weighted by Crippen LogP contribution is 2.27. The highest BCUT2D eigenvalue weighted by molar-refractivity contribution is 5.78. The minimum atomic E-state index is -0.279. The Morgan fingerprint density at radius 1 is 1.37 bits per heavy atom. The van der Waals surface area contributed by atoms with Crippen molar-refractivity contribution in [1.29, 1.82) is 0 Å². The van der Waals surface area contributed by atoms with E-state index in [0.29, 0.717) is 24.0 Å². The zero-order chi connectivity index (χ0) is 19.0. The van der Waals surface area contributed by atoms with E-state index in [1.54, 1.807) is 18.0 Å². The van der Waals surface area contributed by atoms with Crippen LogP contribution >= 0.6 is 0 Å². The minimum absolute atomic E-state index is 0.0592. The third kappa shape index (κ3) is 3.60. The molecule has 1 aliphatic carbocycles. The number of hydrogen-bond donors (Lipinski definition) is 0. The number of nitrogens with zero attached hydrogens (tertiary/aromatic N) is 5. The van der Waals surface area contributed by atoms with Crippen molar-refractivity contribution in [3.05, 3.63) is 58.5 Å². The molecule has 1 fully saturated rings. The summed E-state index contributed by atoms with van der Waals surface area (Å²) in [5.74, 6) is -0.403. The molecule has 1 aromatic carbocycles. The van der Waals surface area contributed by atoms with Gasteiger partial charge in [-0.05, 0) is 37.0 Å². The molecule has 1 saturated carbocycles. The van der Waals surface area contributed by atoms with Crippen LogP contribution in [-0.4, -0.2) is 42.7 Å². The minimum Gasteiger partial charge on any atom is -0.338 e. The van der Waals surface area contributed by atoms with Crippen LogP contribution in [0.15, 0.2) is 41.6 Å². The summed E-state index contributed by atoms with van der Waals surface area (Å²) in [6.07, 6.45) is 5.36. The Morgan fingerprint density at radius 3 is 2.93 bits per heavy atom. The Morgan fingerprint density at radius 2 is 2.19 bits per heavy atom. The van der Waals surface area contributed by atoms with Crippen LogP contribution in [0.1, 0.15) is 18.4 Å². The van der Waals surface area contributed by atoms with Gasteiger partial charge in [0.1, 0.15) is 24.1 Å². The summed E-state index contributed by atoms with van der Waals surface area (Å²) < 4.78 is 16.2. The molecular weight excluding hydrogens is 349 g/mol. The fourth-order valence-corrected chi connectivity index (χ4v) is 3.25. The van der Waals surface area contributed by atoms with E-state index in [4.69, 9.17) is 0 Å². The number of hydrogen-bond acceptors (Lipinski definition) is 4. The molecule has 4 rings (SSSR count). The largest absolute Gasteiger partial charge is 0.338 e. The van der Waals surface area contributed by atoms with Crippen LogP contribution in [0, 0.1) is 5.82 Å². The monoisotopic (exact) mass is 369 g/mol. The van der Waals surface area contributed by atoms with Crippen molar-refractivity contribution in [2.75, 3.05) is 6.54 Å². The van der Waals surface area contributed by atoms with E-state index >= 15 is 0 Å². The molecule has 0 aliphatic heterocycles. The molecule has 0 radical (unpaired) electrons. The van der Waals surface area contributed by atoms with E-state index in [1.807, 2.05) is 6.07 Å². The van der Waals surface area contributed by atoms with Gasteiger partial charge in [0.05, 0.1) is 6.20 Å². The van der Waals surface area contributed by atoms with Crippen LogP contribution < -0.4 is 5.56 Å². The predicted molar refractivity (Wildman–Crippen MR) is 97.6 cm³/mol. The lowest BCUT2D eigenvalue weighted by molar-refractivity contribution is -0.132. The van der Waals surface area contributed by atoms with E-state index < -0.39 is 0 Å². The van der Waals surface area contributed by atoms with Gasteiger partial charge in [-0.25, -0.2) is 9.37 Å². The molecule has 8 heteroatoms. The van der Waals surface area contributed by atoms with E-state index in [0.717, 1.165) is 18.4 Å². The molecular formula is C19H20FN5O2. The number of amides is 1. The molecule has 0 bridgehead atoms. The van der Waals surface area contributed by atoms with Crippen LogP contribution in [0.5, 0.6) is 0 Å². The number of aromatic nitrogens is 4. The van der Waals surface area contributed by atoms with Crippen molar-refractivity contribution >= 4 is 16.9 Å². The van der Waals surface area contributed by atoms with Gasteiger partial charge in [-0.2, -0.15) is 5.10 Å². The molecule has 0 N–H and O–H groups in total. The van der Waals surface area contributed by atoms with Crippen molar-refractivity contribution in [1.82, 2.24) is 24.2 Å². The van der Waals surface area contributed by atoms with Gasteiger partial charge in [0.25, 0.3) is 5.56 Å². The second-order valence-corrected chi connectivity index (χ2v) is 6.88. The average Bonchev–Trinajstić information content (AvgIpc) is 3.40. The average molecular weight is 369 g/mol. The van der Waals surface area contributed by atoms with E-state index in [9.17, 15) is 14.0 Å². The normalized spacial score (nSPS) is 13.9. The standard InChI is InChI=1S/C19H20FN5O2/c1-23-18-16(10-22-23)19(27)24(12-21-18)11-17(26)25(15-5-6-15)8-7-13-3-2-4-14(20)9-13/h2-4,9-10,12,15H,5-8,11H2,1H3. The molecule has 0 spiro atoms. The van der Waals surface area contributed by atoms with Crippen LogP contribution in [0.25, 0.3) is 11.0 Å². The van der Waals surface area contributed by atoms with Crippen molar-refractivity contribution in [3.8, 4) is 0 Å². The van der Waals surface area contributed by atoms with Gasteiger partial charge in [-0.15, -0.1) is 0 Å². The molecule has 0 unspecified atom stereocenters. The molecule has 2 heterocycles. The second kappa shape index (κ2) is 6.94. The van der Waals surface area contributed by atoms with Gasteiger partial charge >= 0.3 is 0 Å². The lowest BCUT2D eigenvalue weighted by Gasteiger charge is -2.23. The Labute approximate surface area is 155 Å². The number of carbonyl (C=O) groups excluding carboxylic acids is 1. The van der Waals surface area contributed by atoms with Gasteiger partial charge < -0.3 is 4.90 Å². The van der Waals surface area contributed by atoms with Crippen LogP contribution in [0.2, 0.25) is 0 Å². The number of benzene rings is 1. The van der Waals surface area contributed by atoms with Crippen molar-refractivity contribution in [2.45, 2.75) is 31.8 Å². The first-order chi connectivity index (χ1) is 13.0. The highest BCUT2D eigenvalue weighted by atomic mass is 19.1. The number of aryl methyl sites for hydroxylation is 1. The summed E-state index contributed by atoms with van der Waals surface area (Å²) in [5.41, 5.74) is 1.07. The third-order valence-electron chi connectivity index (χ3n) is 4.86. The van der Waals surface area contributed by atoms with E-state index in [-0.39, 0.29) is 29.9 Å². The molecule has 7 nitrogen and oxygen atoms in total. The van der Waals surface area contributed by atoms with Crippen molar-refractivity contribution in [3.63, 3.8) is 0 Å². The zero-order valence-electron chi connectivity index (χ0n) is 15.0. The summed E-state index contributed by atoms with van der Waals surface area (Å²) in [4.78, 5) is 31.4. The Bertz CT molecular complexity index is 1050. The summed E-state index contributed by atoms with van der Waals surface area (Å²) >= 11 is 0. The van der Waals surface area contributed by atoms with Gasteiger partial charge in [0.2, 0.25) is 5.91 Å². The molecule has 2 aromatic heterocycles. The van der Waals surface area contributed by atoms with Gasteiger partial charge in [-0.1, -0.05) is 12.1 Å². The van der Waals surface area contributed by atoms with Gasteiger partial charge in [0.15, 0.2) is 5.65 Å². The maximum atomic E-state index is 13.4. The van der Waals surface area contributed by atoms with Crippen LogP contribution in [0.3, 0.4) is 0 Å². The molecule has 3 aromatic rings. The predicted octanol–water partition coefficient (Wildman–Crippen LogP) is 1.50. The lowest BCUT2D eigenvalue weighted by atomic mass is 10.1. The molecule has 27 heavy (non-hydrogen) atoms. The summed E-state index contributed by atoms with van der Waals surface area (Å²) in [5, 5.41) is 4.43. The molecule has 140 valence electrons. The van der Waals surface area contributed by atoms with Crippen molar-refractivity contribution in [2.24, 2.45) is 7.05 Å². The summed E-state index contributed by atoms with van der Waals surface area (Å²) in [7, 11) is 1.71. The maximum absolute atomic E-state index is 13.4. The lowest BCUT2D eigenvalue weighted by Crippen LogP contribution is -2.39. The first kappa shape index (κ1) is 17.4. The van der Waals surface area contributed by atoms with Gasteiger partial charge in [0, 0.05) is 19.6 Å². The number of fused-ring (bicyclic) bond motifs is 1. The Balaban J connectivity index is 1.49. The SMILES string of the molecule is Cn1ncc2c(=O)n(CC(=O)N(CCc3cccc(F)c3)C3CC3)cnc21. The second-order valence-electron chi connectivity index (χ2n) is 6.88. The van der Waals surface area contributed by atoms with Gasteiger partial charge in [-0.3, -0.25) is 18.8 Å². The molecule has 0 saturated heterocycles. The first-order valence-corrected chi connectivity index (χ1v) is 8.94. The van der Waals surface area contributed by atoms with Crippen molar-refractivity contribution < 1.29 is 9.18 Å². The smallest absolute Gasteiger partial charge is 0.264 e. The first-order valence-electron chi connectivity index (χ1n) is 8.94. The summed E-state index contributed by atoms with van der Waals surface area (Å²) in [6, 6.07) is 6.62. The Kier molecular flexibility index (Phi) is 4.47. The molecule has 1 aliphatic rings. The zero-order valence-corrected chi connectivity index (χ0v) is 15.0. The van der Waals surface area contributed by atoms with Crippen LogP contribution in [0.4, 0.5) is 4.39 Å².